The molecule has 0 amide bonds. The van der Waals surface area contributed by atoms with Crippen molar-refractivity contribution in [2.24, 2.45) is 11.1 Å². The van der Waals surface area contributed by atoms with Crippen molar-refractivity contribution in [2.45, 2.75) is 32.1 Å². The molecule has 1 saturated heterocycles. The van der Waals surface area contributed by atoms with Gasteiger partial charge in [-0.25, -0.2) is 0 Å². The van der Waals surface area contributed by atoms with Crippen LogP contribution in [0.4, 0.5) is 0 Å². The number of nitrogens with zero attached hydrogens (tertiary/aromatic N) is 3. The Labute approximate surface area is 117 Å². The van der Waals surface area contributed by atoms with Gasteiger partial charge in [-0.2, -0.15) is 10.5 Å². The molecular weight excluding hydrogens is 256 g/mol. The van der Waals surface area contributed by atoms with Gasteiger partial charge >= 0.3 is 0 Å². The van der Waals surface area contributed by atoms with Gasteiger partial charge < -0.3 is 10.6 Å². The van der Waals surface area contributed by atoms with Crippen molar-refractivity contribution in [3.05, 3.63) is 22.0 Å². The Balaban J connectivity index is 2.21. The SMILES string of the molecule is N#CC1=C(N)N2CCSC2=C(C#N)C12CCCCC2. The summed E-state index contributed by atoms with van der Waals surface area (Å²) in [5.74, 6) is 1.53. The summed E-state index contributed by atoms with van der Waals surface area (Å²) in [7, 11) is 0. The number of nitriles is 2. The summed E-state index contributed by atoms with van der Waals surface area (Å²) >= 11 is 1.70. The Kier molecular flexibility index (Phi) is 2.95. The molecule has 3 aliphatic rings. The number of hydrogen-bond donors (Lipinski definition) is 1. The van der Waals surface area contributed by atoms with E-state index in [-0.39, 0.29) is 0 Å². The summed E-state index contributed by atoms with van der Waals surface area (Å²) in [4.78, 5) is 1.96. The number of allylic oxidation sites excluding steroid dienone is 2. The number of fused-ring (bicyclic) bond motifs is 1. The highest BCUT2D eigenvalue weighted by atomic mass is 32.2. The lowest BCUT2D eigenvalue weighted by Gasteiger charge is -2.42. The second-order valence-electron chi connectivity index (χ2n) is 5.31. The van der Waals surface area contributed by atoms with E-state index in [1.807, 2.05) is 4.90 Å². The highest BCUT2D eigenvalue weighted by molar-refractivity contribution is 8.03. The van der Waals surface area contributed by atoms with E-state index in [0.29, 0.717) is 11.4 Å². The van der Waals surface area contributed by atoms with Crippen LogP contribution in [0.5, 0.6) is 0 Å². The largest absolute Gasteiger partial charge is 0.384 e. The first-order chi connectivity index (χ1) is 9.24. The third-order valence-corrected chi connectivity index (χ3v) is 5.53. The topological polar surface area (TPSA) is 76.8 Å². The lowest BCUT2D eigenvalue weighted by atomic mass is 9.64. The van der Waals surface area contributed by atoms with E-state index in [4.69, 9.17) is 5.73 Å². The van der Waals surface area contributed by atoms with Gasteiger partial charge in [-0.1, -0.05) is 19.3 Å². The van der Waals surface area contributed by atoms with Crippen LogP contribution in [0.3, 0.4) is 0 Å². The average Bonchev–Trinajstić information content (AvgIpc) is 2.90. The highest BCUT2D eigenvalue weighted by Crippen LogP contribution is 2.55. The molecule has 0 unspecified atom stereocenters. The molecule has 2 aliphatic heterocycles. The molecule has 4 nitrogen and oxygen atoms in total. The lowest BCUT2D eigenvalue weighted by Crippen LogP contribution is -2.40. The molecule has 0 aromatic rings. The van der Waals surface area contributed by atoms with Crippen molar-refractivity contribution in [3.63, 3.8) is 0 Å². The van der Waals surface area contributed by atoms with E-state index >= 15 is 0 Å². The van der Waals surface area contributed by atoms with Crippen LogP contribution in [-0.2, 0) is 0 Å². The minimum atomic E-state index is -0.394. The maximum absolute atomic E-state index is 9.63. The molecule has 0 radical (unpaired) electrons. The Morgan fingerprint density at radius 2 is 1.79 bits per heavy atom. The molecule has 1 saturated carbocycles. The molecule has 1 spiro atoms. The first kappa shape index (κ1) is 12.4. The summed E-state index contributed by atoms with van der Waals surface area (Å²) in [6.45, 7) is 0.804. The highest BCUT2D eigenvalue weighted by Gasteiger charge is 2.48. The first-order valence-electron chi connectivity index (χ1n) is 6.70. The van der Waals surface area contributed by atoms with Crippen molar-refractivity contribution in [1.29, 1.82) is 10.5 Å². The molecule has 2 heterocycles. The molecule has 2 N–H and O–H groups in total. The summed E-state index contributed by atoms with van der Waals surface area (Å²) in [6, 6.07) is 4.71. The van der Waals surface area contributed by atoms with E-state index in [9.17, 15) is 10.5 Å². The lowest BCUT2D eigenvalue weighted by molar-refractivity contribution is 0.276. The molecule has 1 aliphatic carbocycles. The van der Waals surface area contributed by atoms with Gasteiger partial charge in [-0.15, -0.1) is 11.8 Å². The van der Waals surface area contributed by atoms with Crippen LogP contribution in [0.25, 0.3) is 0 Å². The second kappa shape index (κ2) is 4.51. The third kappa shape index (κ3) is 1.58. The number of hydrogen-bond acceptors (Lipinski definition) is 5. The number of nitrogens with two attached hydrogens (primary N) is 1. The van der Waals surface area contributed by atoms with Crippen LogP contribution in [0.2, 0.25) is 0 Å². The molecule has 3 rings (SSSR count). The fraction of sp³-hybridized carbons (Fsp3) is 0.571. The van der Waals surface area contributed by atoms with E-state index in [1.165, 1.54) is 6.42 Å². The van der Waals surface area contributed by atoms with Gasteiger partial charge in [-0.3, -0.25) is 0 Å². The van der Waals surface area contributed by atoms with Gasteiger partial charge in [0.05, 0.1) is 28.3 Å². The van der Waals surface area contributed by atoms with Gasteiger partial charge in [-0.05, 0) is 12.8 Å². The first-order valence-corrected chi connectivity index (χ1v) is 7.68. The smallest absolute Gasteiger partial charge is 0.119 e. The zero-order valence-electron chi connectivity index (χ0n) is 10.8. The number of rotatable bonds is 0. The number of thioether (sulfide) groups is 1. The molecule has 0 bridgehead atoms. The molecule has 0 atom stereocenters. The van der Waals surface area contributed by atoms with Gasteiger partial charge in [0, 0.05) is 17.7 Å². The predicted octanol–water partition coefficient (Wildman–Crippen LogP) is 2.43. The minimum Gasteiger partial charge on any atom is -0.384 e. The van der Waals surface area contributed by atoms with Crippen molar-refractivity contribution in [1.82, 2.24) is 4.90 Å². The van der Waals surface area contributed by atoms with Crippen LogP contribution in [0, 0.1) is 28.1 Å². The van der Waals surface area contributed by atoms with Crippen LogP contribution in [0.1, 0.15) is 32.1 Å². The normalized spacial score (nSPS) is 25.3. The zero-order chi connectivity index (χ0) is 13.5. The molecule has 0 aromatic carbocycles. The summed E-state index contributed by atoms with van der Waals surface area (Å²) in [5.41, 5.74) is 7.26. The quantitative estimate of drug-likeness (QED) is 0.733. The predicted molar refractivity (Wildman–Crippen MR) is 74.1 cm³/mol. The van der Waals surface area contributed by atoms with Gasteiger partial charge in [0.25, 0.3) is 0 Å². The van der Waals surface area contributed by atoms with Crippen molar-refractivity contribution >= 4 is 11.8 Å². The Morgan fingerprint density at radius 3 is 2.42 bits per heavy atom. The molecule has 19 heavy (non-hydrogen) atoms. The van der Waals surface area contributed by atoms with E-state index < -0.39 is 5.41 Å². The fourth-order valence-electron chi connectivity index (χ4n) is 3.53. The second-order valence-corrected chi connectivity index (χ2v) is 6.39. The van der Waals surface area contributed by atoms with Crippen molar-refractivity contribution < 1.29 is 0 Å². The molecule has 0 aromatic heterocycles. The van der Waals surface area contributed by atoms with Crippen LogP contribution in [0.15, 0.2) is 22.0 Å². The fourth-order valence-corrected chi connectivity index (χ4v) is 4.73. The molecule has 2 fully saturated rings. The molecule has 5 heteroatoms. The summed E-state index contributed by atoms with van der Waals surface area (Å²) in [6.07, 6.45) is 5.10. The Bertz CT molecular complexity index is 555. The van der Waals surface area contributed by atoms with Gasteiger partial charge in [0.15, 0.2) is 0 Å². The Hall–Kier alpha value is -1.59. The monoisotopic (exact) mass is 272 g/mol. The van der Waals surface area contributed by atoms with E-state index in [2.05, 4.69) is 12.1 Å². The van der Waals surface area contributed by atoms with Gasteiger partial charge in [0.1, 0.15) is 5.82 Å². The van der Waals surface area contributed by atoms with Gasteiger partial charge in [0.2, 0.25) is 0 Å². The zero-order valence-corrected chi connectivity index (χ0v) is 11.6. The van der Waals surface area contributed by atoms with E-state index in [1.54, 1.807) is 11.8 Å². The summed E-state index contributed by atoms with van der Waals surface area (Å²) < 4.78 is 0. The van der Waals surface area contributed by atoms with Crippen molar-refractivity contribution in [2.75, 3.05) is 12.3 Å². The van der Waals surface area contributed by atoms with Crippen LogP contribution >= 0.6 is 11.8 Å². The third-order valence-electron chi connectivity index (χ3n) is 4.45. The van der Waals surface area contributed by atoms with Crippen molar-refractivity contribution in [3.8, 4) is 12.1 Å². The van der Waals surface area contributed by atoms with Crippen LogP contribution < -0.4 is 5.73 Å². The maximum atomic E-state index is 9.63. The van der Waals surface area contributed by atoms with Crippen LogP contribution in [-0.4, -0.2) is 17.2 Å². The molecule has 98 valence electrons. The standard InChI is InChI=1S/C14H16N4S/c15-8-10-12(17)18-6-7-19-13(18)11(9-16)14(10)4-2-1-3-5-14/h1-7,17H2. The minimum absolute atomic E-state index is 0.394. The Morgan fingerprint density at radius 1 is 1.11 bits per heavy atom. The average molecular weight is 272 g/mol. The summed E-state index contributed by atoms with van der Waals surface area (Å²) in [5, 5.41) is 20.2. The maximum Gasteiger partial charge on any atom is 0.119 e. The van der Waals surface area contributed by atoms with E-state index in [0.717, 1.165) is 48.6 Å². The molecular formula is C14H16N4S.